The van der Waals surface area contributed by atoms with Gasteiger partial charge >= 0.3 is 12.1 Å². The van der Waals surface area contributed by atoms with Gasteiger partial charge in [0.1, 0.15) is 11.4 Å². The second kappa shape index (κ2) is 9.34. The first-order chi connectivity index (χ1) is 17.4. The number of anilines is 2. The van der Waals surface area contributed by atoms with E-state index in [1.807, 2.05) is 78.9 Å². The number of aryl methyl sites for hydroxylation is 1. The molecule has 3 aromatic carbocycles. The molecule has 7 heteroatoms. The van der Waals surface area contributed by atoms with Crippen LogP contribution in [-0.2, 0) is 14.9 Å². The van der Waals surface area contributed by atoms with Crippen LogP contribution in [0.3, 0.4) is 0 Å². The van der Waals surface area contributed by atoms with Crippen molar-refractivity contribution in [3.63, 3.8) is 0 Å². The fraction of sp³-hybridized carbons (Fsp3) is 0.207. The van der Waals surface area contributed by atoms with E-state index in [9.17, 15) is 14.7 Å². The van der Waals surface area contributed by atoms with Gasteiger partial charge in [0.2, 0.25) is 0 Å². The van der Waals surface area contributed by atoms with E-state index in [1.54, 1.807) is 13.8 Å². The summed E-state index contributed by atoms with van der Waals surface area (Å²) in [6.45, 7) is 3.77. The number of aliphatic carboxylic acids is 1. The van der Waals surface area contributed by atoms with E-state index in [1.165, 1.54) is 4.90 Å². The zero-order valence-corrected chi connectivity index (χ0v) is 20.1. The Morgan fingerprint density at radius 1 is 0.944 bits per heavy atom. The maximum Gasteiger partial charge on any atom is 0.419 e. The quantitative estimate of drug-likeness (QED) is 0.314. The lowest BCUT2D eigenvalue weighted by atomic mass is 9.93. The van der Waals surface area contributed by atoms with Gasteiger partial charge in [-0.3, -0.25) is 4.79 Å². The van der Waals surface area contributed by atoms with Crippen molar-refractivity contribution in [1.82, 2.24) is 5.16 Å². The third-order valence-electron chi connectivity index (χ3n) is 6.61. The molecule has 0 aliphatic heterocycles. The van der Waals surface area contributed by atoms with Gasteiger partial charge in [0.05, 0.1) is 17.7 Å². The van der Waals surface area contributed by atoms with Crippen molar-refractivity contribution >= 4 is 23.4 Å². The maximum absolute atomic E-state index is 13.0. The topological polar surface area (TPSA) is 92.9 Å². The van der Waals surface area contributed by atoms with Crippen LogP contribution < -0.4 is 4.90 Å². The molecular formula is C29H26N2O5. The molecule has 1 aromatic heterocycles. The average Bonchev–Trinajstić information content (AvgIpc) is 3.64. The fourth-order valence-electron chi connectivity index (χ4n) is 4.46. The Labute approximate surface area is 208 Å². The minimum Gasteiger partial charge on any atom is -0.481 e. The number of rotatable bonds is 7. The lowest BCUT2D eigenvalue weighted by Crippen LogP contribution is -2.27. The molecule has 0 saturated heterocycles. The first-order valence-corrected chi connectivity index (χ1v) is 11.9. The number of benzene rings is 3. The zero-order valence-electron chi connectivity index (χ0n) is 20.1. The summed E-state index contributed by atoms with van der Waals surface area (Å²) in [5.41, 5.74) is 4.60. The Hall–Kier alpha value is -4.39. The molecule has 1 saturated carbocycles. The molecular weight excluding hydrogens is 456 g/mol. The summed E-state index contributed by atoms with van der Waals surface area (Å²) in [7, 11) is 0. The Balaban J connectivity index is 1.47. The summed E-state index contributed by atoms with van der Waals surface area (Å²) >= 11 is 0. The molecule has 0 atom stereocenters. The highest BCUT2D eigenvalue weighted by atomic mass is 16.6. The number of ether oxygens (including phenoxy) is 1. The van der Waals surface area contributed by atoms with Crippen LogP contribution in [0.5, 0.6) is 0 Å². The highest BCUT2D eigenvalue weighted by Gasteiger charge is 2.51. The smallest absolute Gasteiger partial charge is 0.419 e. The van der Waals surface area contributed by atoms with E-state index in [-0.39, 0.29) is 6.61 Å². The van der Waals surface area contributed by atoms with Crippen LogP contribution in [0, 0.1) is 6.92 Å². The van der Waals surface area contributed by atoms with E-state index in [0.717, 1.165) is 22.3 Å². The van der Waals surface area contributed by atoms with Gasteiger partial charge in [0, 0.05) is 5.56 Å². The molecule has 1 aliphatic carbocycles. The molecule has 1 fully saturated rings. The third kappa shape index (κ3) is 4.13. The summed E-state index contributed by atoms with van der Waals surface area (Å²) < 4.78 is 10.9. The third-order valence-corrected chi connectivity index (χ3v) is 6.61. The van der Waals surface area contributed by atoms with Gasteiger partial charge in [-0.05, 0) is 55.5 Å². The number of para-hydroxylation sites is 1. The van der Waals surface area contributed by atoms with Gasteiger partial charge < -0.3 is 14.4 Å². The number of carbonyl (C=O) groups excluding carboxylic acids is 1. The first-order valence-electron chi connectivity index (χ1n) is 11.9. The van der Waals surface area contributed by atoms with Gasteiger partial charge in [-0.1, -0.05) is 71.9 Å². The molecule has 0 spiro atoms. The molecule has 4 aromatic rings. The normalized spacial score (nSPS) is 13.7. The molecule has 1 amide bonds. The van der Waals surface area contributed by atoms with E-state index in [2.05, 4.69) is 5.16 Å². The Morgan fingerprint density at radius 3 is 2.08 bits per heavy atom. The molecule has 1 heterocycles. The number of amides is 1. The van der Waals surface area contributed by atoms with Crippen LogP contribution in [0.2, 0.25) is 0 Å². The second-order valence-corrected chi connectivity index (χ2v) is 8.85. The number of carboxylic acids is 1. The van der Waals surface area contributed by atoms with Crippen molar-refractivity contribution in [3.8, 4) is 22.4 Å². The maximum atomic E-state index is 13.0. The fourth-order valence-corrected chi connectivity index (χ4v) is 4.46. The molecule has 36 heavy (non-hydrogen) atoms. The summed E-state index contributed by atoms with van der Waals surface area (Å²) in [6.07, 6.45) is 0.853. The molecule has 0 unspecified atom stereocenters. The van der Waals surface area contributed by atoms with Gasteiger partial charge in [-0.25, -0.2) is 9.69 Å². The molecule has 7 nitrogen and oxygen atoms in total. The van der Waals surface area contributed by atoms with Crippen molar-refractivity contribution in [1.29, 1.82) is 0 Å². The minimum atomic E-state index is -0.759. The zero-order chi connectivity index (χ0) is 25.3. The molecule has 5 rings (SSSR count). The summed E-state index contributed by atoms with van der Waals surface area (Å²) in [5.74, 6) is -0.264. The Morgan fingerprint density at radius 2 is 1.53 bits per heavy atom. The predicted molar refractivity (Wildman–Crippen MR) is 136 cm³/mol. The molecule has 0 radical (unpaired) electrons. The highest BCUT2D eigenvalue weighted by molar-refractivity contribution is 6.00. The number of hydrogen-bond acceptors (Lipinski definition) is 5. The molecule has 0 bridgehead atoms. The molecule has 1 N–H and O–H groups in total. The predicted octanol–water partition coefficient (Wildman–Crippen LogP) is 6.73. The Bertz CT molecular complexity index is 1390. The van der Waals surface area contributed by atoms with Crippen molar-refractivity contribution in [3.05, 3.63) is 90.2 Å². The monoisotopic (exact) mass is 482 g/mol. The summed E-state index contributed by atoms with van der Waals surface area (Å²) in [6, 6.07) is 24.8. The van der Waals surface area contributed by atoms with E-state index in [0.29, 0.717) is 35.7 Å². The minimum absolute atomic E-state index is 0.239. The lowest BCUT2D eigenvalue weighted by molar-refractivity contribution is -0.140. The number of aromatic nitrogens is 1. The van der Waals surface area contributed by atoms with Crippen LogP contribution in [0.1, 0.15) is 31.1 Å². The van der Waals surface area contributed by atoms with Crippen LogP contribution in [0.15, 0.2) is 83.4 Å². The standard InChI is InChI=1S/C29H26N2O5/c1-3-35-28(34)31(24-7-5-4-6-8-24)26-19(2)36-30-25(26)22-11-9-20(10-12-22)21-13-15-23(16-14-21)29(17-18-29)27(32)33/h4-16H,3,17-18H2,1-2H3,(H,32,33). The highest BCUT2D eigenvalue weighted by Crippen LogP contribution is 2.48. The van der Waals surface area contributed by atoms with Gasteiger partial charge in [0.15, 0.2) is 5.76 Å². The SMILES string of the molecule is CCOC(=O)N(c1ccccc1)c1c(-c2ccc(-c3ccc(C4(C(=O)O)CC4)cc3)cc2)noc1C. The van der Waals surface area contributed by atoms with Crippen LogP contribution in [0.25, 0.3) is 22.4 Å². The lowest BCUT2D eigenvalue weighted by Gasteiger charge is -2.22. The first kappa shape index (κ1) is 23.4. The number of nitrogens with zero attached hydrogens (tertiary/aromatic N) is 2. The second-order valence-electron chi connectivity index (χ2n) is 8.85. The number of carboxylic acid groups (broad SMARTS) is 1. The van der Waals surface area contributed by atoms with Crippen LogP contribution >= 0.6 is 0 Å². The van der Waals surface area contributed by atoms with Gasteiger partial charge in [-0.2, -0.15) is 0 Å². The van der Waals surface area contributed by atoms with Crippen molar-refractivity contribution < 1.29 is 24.0 Å². The van der Waals surface area contributed by atoms with Crippen molar-refractivity contribution in [2.75, 3.05) is 11.5 Å². The van der Waals surface area contributed by atoms with Crippen molar-refractivity contribution in [2.45, 2.75) is 32.1 Å². The van der Waals surface area contributed by atoms with Gasteiger partial charge in [-0.15, -0.1) is 0 Å². The van der Waals surface area contributed by atoms with Gasteiger partial charge in [0.25, 0.3) is 0 Å². The summed E-state index contributed by atoms with van der Waals surface area (Å²) in [4.78, 5) is 26.1. The van der Waals surface area contributed by atoms with E-state index >= 15 is 0 Å². The van der Waals surface area contributed by atoms with Crippen LogP contribution in [0.4, 0.5) is 16.2 Å². The molecule has 1 aliphatic rings. The largest absolute Gasteiger partial charge is 0.481 e. The number of carbonyl (C=O) groups is 2. The van der Waals surface area contributed by atoms with Crippen molar-refractivity contribution in [2.24, 2.45) is 0 Å². The molecule has 182 valence electrons. The summed E-state index contributed by atoms with van der Waals surface area (Å²) in [5, 5.41) is 13.8. The van der Waals surface area contributed by atoms with Crippen LogP contribution in [-0.4, -0.2) is 28.9 Å². The Kier molecular flexibility index (Phi) is 6.06. The number of hydrogen-bond donors (Lipinski definition) is 1. The average molecular weight is 483 g/mol. The van der Waals surface area contributed by atoms with E-state index in [4.69, 9.17) is 9.26 Å². The van der Waals surface area contributed by atoms with E-state index < -0.39 is 17.5 Å².